The Kier molecular flexibility index (Phi) is 4.71. The molecule has 0 aromatic heterocycles. The minimum Gasteiger partial charge on any atom is -0.350 e. The first-order chi connectivity index (χ1) is 7.83. The van der Waals surface area contributed by atoms with Crippen molar-refractivity contribution >= 4 is 21.8 Å². The molecule has 0 bridgehead atoms. The monoisotopic (exact) mass is 298 g/mol. The molecular weight excluding hydrogens is 280 g/mol. The Morgan fingerprint density at radius 2 is 2.06 bits per heavy atom. The Morgan fingerprint density at radius 1 is 1.41 bits per heavy atom. The SMILES string of the molecule is CN(C)C(C)(C)CNC(=O)c1cccc(Br)c1. The van der Waals surface area contributed by atoms with Crippen molar-refractivity contribution in [2.45, 2.75) is 19.4 Å². The maximum Gasteiger partial charge on any atom is 0.251 e. The minimum absolute atomic E-state index is 0.0405. The Morgan fingerprint density at radius 3 is 2.59 bits per heavy atom. The van der Waals surface area contributed by atoms with E-state index < -0.39 is 0 Å². The van der Waals surface area contributed by atoms with Crippen molar-refractivity contribution in [1.29, 1.82) is 0 Å². The Balaban J connectivity index is 2.62. The fourth-order valence-corrected chi connectivity index (χ4v) is 1.59. The van der Waals surface area contributed by atoms with Gasteiger partial charge in [0.25, 0.3) is 5.91 Å². The summed E-state index contributed by atoms with van der Waals surface area (Å²) in [7, 11) is 4.01. The van der Waals surface area contributed by atoms with Crippen LogP contribution < -0.4 is 5.32 Å². The van der Waals surface area contributed by atoms with Crippen molar-refractivity contribution in [3.63, 3.8) is 0 Å². The molecule has 1 N–H and O–H groups in total. The molecular formula is C13H19BrN2O. The van der Waals surface area contributed by atoms with E-state index in [0.717, 1.165) is 4.47 Å². The van der Waals surface area contributed by atoms with E-state index in [-0.39, 0.29) is 11.4 Å². The van der Waals surface area contributed by atoms with Crippen LogP contribution in [0.15, 0.2) is 28.7 Å². The van der Waals surface area contributed by atoms with Crippen molar-refractivity contribution in [2.75, 3.05) is 20.6 Å². The summed E-state index contributed by atoms with van der Waals surface area (Å²) in [6, 6.07) is 7.39. The van der Waals surface area contributed by atoms with Crippen molar-refractivity contribution in [3.05, 3.63) is 34.3 Å². The molecule has 0 radical (unpaired) electrons. The third-order valence-corrected chi connectivity index (χ3v) is 3.47. The standard InChI is InChI=1S/C13H19BrN2O/c1-13(2,16(3)4)9-15-12(17)10-6-5-7-11(14)8-10/h5-8H,9H2,1-4H3,(H,15,17). The second-order valence-electron chi connectivity index (χ2n) is 4.90. The summed E-state index contributed by atoms with van der Waals surface area (Å²) in [5, 5.41) is 2.95. The number of likely N-dealkylation sites (N-methyl/N-ethyl adjacent to an activating group) is 1. The summed E-state index contributed by atoms with van der Waals surface area (Å²) >= 11 is 3.36. The van der Waals surface area contributed by atoms with Gasteiger partial charge < -0.3 is 10.2 Å². The van der Waals surface area contributed by atoms with E-state index >= 15 is 0 Å². The summed E-state index contributed by atoms with van der Waals surface area (Å²) in [6.45, 7) is 4.80. The lowest BCUT2D eigenvalue weighted by molar-refractivity contribution is 0.0919. The van der Waals surface area contributed by atoms with Gasteiger partial charge in [-0.2, -0.15) is 0 Å². The normalized spacial score (nSPS) is 11.6. The van der Waals surface area contributed by atoms with Crippen LogP contribution in [-0.2, 0) is 0 Å². The van der Waals surface area contributed by atoms with Gasteiger partial charge in [0, 0.05) is 22.1 Å². The topological polar surface area (TPSA) is 32.3 Å². The van der Waals surface area contributed by atoms with E-state index in [1.807, 2.05) is 38.4 Å². The van der Waals surface area contributed by atoms with Gasteiger partial charge in [0.1, 0.15) is 0 Å². The molecule has 0 unspecified atom stereocenters. The second kappa shape index (κ2) is 5.65. The van der Waals surface area contributed by atoms with E-state index in [0.29, 0.717) is 12.1 Å². The number of hydrogen-bond donors (Lipinski definition) is 1. The van der Waals surface area contributed by atoms with Crippen LogP contribution in [0.5, 0.6) is 0 Å². The Hall–Kier alpha value is -0.870. The molecule has 0 aliphatic rings. The van der Waals surface area contributed by atoms with E-state index in [1.54, 1.807) is 0 Å². The number of halogens is 1. The number of rotatable bonds is 4. The molecule has 1 amide bonds. The lowest BCUT2D eigenvalue weighted by Crippen LogP contribution is -2.48. The number of hydrogen-bond acceptors (Lipinski definition) is 2. The van der Waals surface area contributed by atoms with Crippen molar-refractivity contribution in [1.82, 2.24) is 10.2 Å². The van der Waals surface area contributed by atoms with Crippen LogP contribution in [0.3, 0.4) is 0 Å². The Labute approximate surface area is 111 Å². The highest BCUT2D eigenvalue weighted by atomic mass is 79.9. The molecule has 0 aliphatic heterocycles. The van der Waals surface area contributed by atoms with Gasteiger partial charge in [-0.25, -0.2) is 0 Å². The molecule has 3 nitrogen and oxygen atoms in total. The molecule has 1 aromatic rings. The largest absolute Gasteiger partial charge is 0.350 e. The van der Waals surface area contributed by atoms with Crippen LogP contribution in [0, 0.1) is 0 Å². The van der Waals surface area contributed by atoms with Crippen LogP contribution in [0.2, 0.25) is 0 Å². The first kappa shape index (κ1) is 14.2. The Bertz CT molecular complexity index is 402. The number of carbonyl (C=O) groups is 1. The van der Waals surface area contributed by atoms with Gasteiger partial charge in [0.15, 0.2) is 0 Å². The maximum absolute atomic E-state index is 11.9. The molecule has 17 heavy (non-hydrogen) atoms. The van der Waals surface area contributed by atoms with Crippen molar-refractivity contribution in [2.24, 2.45) is 0 Å². The molecule has 0 saturated heterocycles. The summed E-state index contributed by atoms with van der Waals surface area (Å²) in [5.41, 5.74) is 0.621. The van der Waals surface area contributed by atoms with Crippen molar-refractivity contribution < 1.29 is 4.79 Å². The van der Waals surface area contributed by atoms with Gasteiger partial charge in [0.2, 0.25) is 0 Å². The average molecular weight is 299 g/mol. The predicted molar refractivity (Wildman–Crippen MR) is 74.2 cm³/mol. The third-order valence-electron chi connectivity index (χ3n) is 2.98. The molecule has 0 atom stereocenters. The molecule has 4 heteroatoms. The average Bonchev–Trinajstić information content (AvgIpc) is 2.25. The summed E-state index contributed by atoms with van der Waals surface area (Å²) < 4.78 is 0.914. The smallest absolute Gasteiger partial charge is 0.251 e. The van der Waals surface area contributed by atoms with Crippen LogP contribution in [0.4, 0.5) is 0 Å². The van der Waals surface area contributed by atoms with E-state index in [1.165, 1.54) is 0 Å². The zero-order valence-electron chi connectivity index (χ0n) is 10.7. The van der Waals surface area contributed by atoms with Gasteiger partial charge in [-0.3, -0.25) is 4.79 Å². The molecule has 0 saturated carbocycles. The highest BCUT2D eigenvalue weighted by Gasteiger charge is 2.21. The predicted octanol–water partition coefficient (Wildman–Crippen LogP) is 2.52. The quantitative estimate of drug-likeness (QED) is 0.926. The van der Waals surface area contributed by atoms with Gasteiger partial charge in [-0.1, -0.05) is 22.0 Å². The molecule has 0 spiro atoms. The van der Waals surface area contributed by atoms with Gasteiger partial charge in [0.05, 0.1) is 0 Å². The van der Waals surface area contributed by atoms with E-state index in [9.17, 15) is 4.79 Å². The number of nitrogens with one attached hydrogen (secondary N) is 1. The van der Waals surface area contributed by atoms with Crippen LogP contribution >= 0.6 is 15.9 Å². The fraction of sp³-hybridized carbons (Fsp3) is 0.462. The van der Waals surface area contributed by atoms with Gasteiger partial charge >= 0.3 is 0 Å². The number of nitrogens with zero attached hydrogens (tertiary/aromatic N) is 1. The highest BCUT2D eigenvalue weighted by molar-refractivity contribution is 9.10. The van der Waals surface area contributed by atoms with Crippen LogP contribution in [0.25, 0.3) is 0 Å². The first-order valence-corrected chi connectivity index (χ1v) is 6.33. The minimum atomic E-state index is -0.0539. The van der Waals surface area contributed by atoms with Crippen molar-refractivity contribution in [3.8, 4) is 0 Å². The molecule has 0 heterocycles. The van der Waals surface area contributed by atoms with Gasteiger partial charge in [-0.05, 0) is 46.1 Å². The van der Waals surface area contributed by atoms with Crippen LogP contribution in [0.1, 0.15) is 24.2 Å². The first-order valence-electron chi connectivity index (χ1n) is 5.54. The molecule has 0 fully saturated rings. The van der Waals surface area contributed by atoms with Gasteiger partial charge in [-0.15, -0.1) is 0 Å². The highest BCUT2D eigenvalue weighted by Crippen LogP contribution is 2.12. The number of carbonyl (C=O) groups excluding carboxylic acids is 1. The molecule has 94 valence electrons. The van der Waals surface area contributed by atoms with E-state index in [2.05, 4.69) is 40.0 Å². The summed E-state index contributed by atoms with van der Waals surface area (Å²) in [6.07, 6.45) is 0. The summed E-state index contributed by atoms with van der Waals surface area (Å²) in [5.74, 6) is -0.0405. The molecule has 1 rings (SSSR count). The zero-order chi connectivity index (χ0) is 13.1. The second-order valence-corrected chi connectivity index (χ2v) is 5.82. The van der Waals surface area contributed by atoms with E-state index in [4.69, 9.17) is 0 Å². The third kappa shape index (κ3) is 4.13. The maximum atomic E-state index is 11.9. The van der Waals surface area contributed by atoms with Crippen LogP contribution in [-0.4, -0.2) is 37.0 Å². The number of amides is 1. The lowest BCUT2D eigenvalue weighted by atomic mass is 10.0. The molecule has 0 aliphatic carbocycles. The number of benzene rings is 1. The zero-order valence-corrected chi connectivity index (χ0v) is 12.3. The lowest BCUT2D eigenvalue weighted by Gasteiger charge is -2.32. The summed E-state index contributed by atoms with van der Waals surface area (Å²) in [4.78, 5) is 14.0. The fourth-order valence-electron chi connectivity index (χ4n) is 1.19. The molecule has 1 aromatic carbocycles.